The molecule has 0 bridgehead atoms. The van der Waals surface area contributed by atoms with E-state index in [1.165, 1.54) is 11.3 Å². The Labute approximate surface area is 158 Å². The van der Waals surface area contributed by atoms with Crippen molar-refractivity contribution in [1.82, 2.24) is 25.1 Å². The van der Waals surface area contributed by atoms with Gasteiger partial charge in [0.15, 0.2) is 5.82 Å². The number of nitrogens with zero attached hydrogens (tertiary/aromatic N) is 6. The van der Waals surface area contributed by atoms with Crippen molar-refractivity contribution in [2.75, 3.05) is 31.1 Å². The summed E-state index contributed by atoms with van der Waals surface area (Å²) in [6.07, 6.45) is 0. The average Bonchev–Trinajstić information content (AvgIpc) is 3.10. The minimum absolute atomic E-state index is 0.700. The van der Waals surface area contributed by atoms with Crippen LogP contribution in [0.1, 0.15) is 11.4 Å². The van der Waals surface area contributed by atoms with Crippen LogP contribution in [0.3, 0.4) is 0 Å². The van der Waals surface area contributed by atoms with E-state index in [0.717, 1.165) is 43.6 Å². The Morgan fingerprint density at radius 3 is 2.46 bits per heavy atom. The van der Waals surface area contributed by atoms with Gasteiger partial charge in [0.2, 0.25) is 0 Å². The summed E-state index contributed by atoms with van der Waals surface area (Å²) in [7, 11) is 0. The van der Waals surface area contributed by atoms with Gasteiger partial charge in [-0.3, -0.25) is 4.90 Å². The summed E-state index contributed by atoms with van der Waals surface area (Å²) in [5, 5.41) is 13.0. The van der Waals surface area contributed by atoms with Crippen LogP contribution in [-0.4, -0.2) is 51.3 Å². The Morgan fingerprint density at radius 2 is 1.69 bits per heavy atom. The predicted octanol–water partition coefficient (Wildman–Crippen LogP) is 2.70. The van der Waals surface area contributed by atoms with Crippen molar-refractivity contribution in [2.24, 2.45) is 0 Å². The monoisotopic (exact) mass is 368 g/mol. The Hall–Kier alpha value is -2.44. The van der Waals surface area contributed by atoms with E-state index >= 15 is 0 Å². The first-order chi connectivity index (χ1) is 12.8. The van der Waals surface area contributed by atoms with Gasteiger partial charge in [0.25, 0.3) is 0 Å². The molecule has 1 aliphatic heterocycles. The summed E-state index contributed by atoms with van der Waals surface area (Å²) in [5.41, 5.74) is 2.39. The fourth-order valence-electron chi connectivity index (χ4n) is 3.25. The van der Waals surface area contributed by atoms with Crippen molar-refractivity contribution < 1.29 is 0 Å². The van der Waals surface area contributed by atoms with E-state index < -0.39 is 0 Å². The van der Waals surface area contributed by atoms with Crippen LogP contribution in [0.25, 0.3) is 0 Å². The molecule has 2 heterocycles. The second-order valence-electron chi connectivity index (χ2n) is 6.48. The summed E-state index contributed by atoms with van der Waals surface area (Å²) in [4.78, 5) is 4.77. The zero-order chi connectivity index (χ0) is 17.8. The van der Waals surface area contributed by atoms with Gasteiger partial charge in [0, 0.05) is 36.9 Å². The molecule has 7 heteroatoms. The maximum Gasteiger partial charge on any atom is 0.165 e. The standard InChI is InChI=1S/C19H21ClN6/c20-17-7-4-8-18(13-17)25-11-9-24(10-12-25)15-19-21-22-23-26(19)14-16-5-2-1-3-6-16/h1-8,13H,9-12,14-15H2. The third-order valence-corrected chi connectivity index (χ3v) is 4.93. The highest BCUT2D eigenvalue weighted by Crippen LogP contribution is 2.21. The van der Waals surface area contributed by atoms with Crippen LogP contribution < -0.4 is 4.90 Å². The molecule has 0 saturated carbocycles. The molecular formula is C19H21ClN6. The number of rotatable bonds is 5. The highest BCUT2D eigenvalue weighted by atomic mass is 35.5. The number of halogens is 1. The third-order valence-electron chi connectivity index (χ3n) is 4.69. The number of anilines is 1. The van der Waals surface area contributed by atoms with Gasteiger partial charge in [-0.15, -0.1) is 5.10 Å². The summed E-state index contributed by atoms with van der Waals surface area (Å²) < 4.78 is 1.89. The van der Waals surface area contributed by atoms with E-state index in [4.69, 9.17) is 11.6 Å². The molecule has 0 amide bonds. The summed E-state index contributed by atoms with van der Waals surface area (Å²) in [5.74, 6) is 0.907. The van der Waals surface area contributed by atoms with Crippen LogP contribution in [-0.2, 0) is 13.1 Å². The molecule has 26 heavy (non-hydrogen) atoms. The lowest BCUT2D eigenvalue weighted by atomic mass is 10.2. The molecule has 1 fully saturated rings. The highest BCUT2D eigenvalue weighted by molar-refractivity contribution is 6.30. The zero-order valence-electron chi connectivity index (χ0n) is 14.5. The van der Waals surface area contributed by atoms with Crippen LogP contribution in [0, 0.1) is 0 Å². The molecule has 0 atom stereocenters. The van der Waals surface area contributed by atoms with Gasteiger partial charge in [-0.05, 0) is 34.2 Å². The second-order valence-corrected chi connectivity index (χ2v) is 6.92. The molecule has 2 aromatic carbocycles. The number of aromatic nitrogens is 4. The molecule has 6 nitrogen and oxygen atoms in total. The number of benzene rings is 2. The smallest absolute Gasteiger partial charge is 0.165 e. The van der Waals surface area contributed by atoms with E-state index in [0.29, 0.717) is 6.54 Å². The Morgan fingerprint density at radius 1 is 0.885 bits per heavy atom. The van der Waals surface area contributed by atoms with E-state index in [-0.39, 0.29) is 0 Å². The molecule has 0 N–H and O–H groups in total. The second kappa shape index (κ2) is 7.85. The van der Waals surface area contributed by atoms with Crippen LogP contribution >= 0.6 is 11.6 Å². The fourth-order valence-corrected chi connectivity index (χ4v) is 3.44. The molecule has 1 aliphatic rings. The molecule has 0 radical (unpaired) electrons. The van der Waals surface area contributed by atoms with Crippen molar-refractivity contribution in [3.63, 3.8) is 0 Å². The summed E-state index contributed by atoms with van der Waals surface area (Å²) in [6.45, 7) is 5.37. The third kappa shape index (κ3) is 4.03. The van der Waals surface area contributed by atoms with Crippen molar-refractivity contribution >= 4 is 17.3 Å². The molecule has 134 valence electrons. The fraction of sp³-hybridized carbons (Fsp3) is 0.316. The largest absolute Gasteiger partial charge is 0.369 e. The molecule has 1 saturated heterocycles. The lowest BCUT2D eigenvalue weighted by molar-refractivity contribution is 0.240. The minimum Gasteiger partial charge on any atom is -0.369 e. The van der Waals surface area contributed by atoms with Gasteiger partial charge in [0.1, 0.15) is 0 Å². The molecule has 4 rings (SSSR count). The van der Waals surface area contributed by atoms with Crippen molar-refractivity contribution in [3.8, 4) is 0 Å². The predicted molar refractivity (Wildman–Crippen MR) is 102 cm³/mol. The molecule has 3 aromatic rings. The van der Waals surface area contributed by atoms with Gasteiger partial charge < -0.3 is 4.90 Å². The molecule has 0 unspecified atom stereocenters. The first-order valence-electron chi connectivity index (χ1n) is 8.80. The number of tetrazole rings is 1. The molecule has 0 spiro atoms. The van der Waals surface area contributed by atoms with Gasteiger partial charge >= 0.3 is 0 Å². The first-order valence-corrected chi connectivity index (χ1v) is 9.17. The van der Waals surface area contributed by atoms with E-state index in [1.807, 2.05) is 41.1 Å². The molecule has 1 aromatic heterocycles. The van der Waals surface area contributed by atoms with E-state index in [2.05, 4.69) is 43.5 Å². The van der Waals surface area contributed by atoms with Crippen LogP contribution in [0.4, 0.5) is 5.69 Å². The van der Waals surface area contributed by atoms with Crippen molar-refractivity contribution in [3.05, 3.63) is 71.0 Å². The highest BCUT2D eigenvalue weighted by Gasteiger charge is 2.19. The van der Waals surface area contributed by atoms with Gasteiger partial charge in [0.05, 0.1) is 13.1 Å². The van der Waals surface area contributed by atoms with E-state index in [9.17, 15) is 0 Å². The maximum atomic E-state index is 6.11. The SMILES string of the molecule is Clc1cccc(N2CCN(Cc3nnnn3Cc3ccccc3)CC2)c1. The number of piperazine rings is 1. The van der Waals surface area contributed by atoms with Gasteiger partial charge in [-0.1, -0.05) is 48.0 Å². The van der Waals surface area contributed by atoms with Crippen molar-refractivity contribution in [2.45, 2.75) is 13.1 Å². The lowest BCUT2D eigenvalue weighted by Crippen LogP contribution is -2.46. The normalized spacial score (nSPS) is 15.3. The number of hydrogen-bond acceptors (Lipinski definition) is 5. The lowest BCUT2D eigenvalue weighted by Gasteiger charge is -2.35. The minimum atomic E-state index is 0.700. The Kier molecular flexibility index (Phi) is 5.13. The molecule has 0 aliphatic carbocycles. The van der Waals surface area contributed by atoms with Crippen LogP contribution in [0.5, 0.6) is 0 Å². The Balaban J connectivity index is 1.36. The zero-order valence-corrected chi connectivity index (χ0v) is 15.3. The summed E-state index contributed by atoms with van der Waals surface area (Å²) >= 11 is 6.11. The van der Waals surface area contributed by atoms with Crippen LogP contribution in [0.2, 0.25) is 5.02 Å². The van der Waals surface area contributed by atoms with Gasteiger partial charge in [-0.25, -0.2) is 4.68 Å². The summed E-state index contributed by atoms with van der Waals surface area (Å²) in [6, 6.07) is 18.3. The van der Waals surface area contributed by atoms with Crippen molar-refractivity contribution in [1.29, 1.82) is 0 Å². The average molecular weight is 369 g/mol. The van der Waals surface area contributed by atoms with Crippen LogP contribution in [0.15, 0.2) is 54.6 Å². The molecular weight excluding hydrogens is 348 g/mol. The quantitative estimate of drug-likeness (QED) is 0.693. The first kappa shape index (κ1) is 17.0. The van der Waals surface area contributed by atoms with E-state index in [1.54, 1.807) is 0 Å². The number of hydrogen-bond donors (Lipinski definition) is 0. The Bertz CT molecular complexity index is 842. The maximum absolute atomic E-state index is 6.11. The van der Waals surface area contributed by atoms with Gasteiger partial charge in [-0.2, -0.15) is 0 Å². The topological polar surface area (TPSA) is 50.1 Å².